The zero-order valence-corrected chi connectivity index (χ0v) is 22.2. The highest BCUT2D eigenvalue weighted by molar-refractivity contribution is 8.01. The molecule has 1 aliphatic rings. The van der Waals surface area contributed by atoms with Gasteiger partial charge in [-0.3, -0.25) is 10.0 Å². The van der Waals surface area contributed by atoms with Crippen LogP contribution in [0.25, 0.3) is 21.9 Å². The molecule has 12 heteroatoms. The van der Waals surface area contributed by atoms with Gasteiger partial charge in [-0.2, -0.15) is 16.1 Å². The van der Waals surface area contributed by atoms with Crippen LogP contribution in [0.1, 0.15) is 13.8 Å². The number of para-hydroxylation sites is 1. The smallest absolute Gasteiger partial charge is 0.323 e. The summed E-state index contributed by atoms with van der Waals surface area (Å²) in [5, 5.41) is 16.0. The lowest BCUT2D eigenvalue weighted by atomic mass is 10.0. The van der Waals surface area contributed by atoms with Crippen LogP contribution in [-0.2, 0) is 14.8 Å². The minimum Gasteiger partial charge on any atom is -0.456 e. The molecule has 0 unspecified atom stereocenters. The van der Waals surface area contributed by atoms with Crippen molar-refractivity contribution in [2.24, 2.45) is 0 Å². The Morgan fingerprint density at radius 3 is 2.45 bits per heavy atom. The second-order valence-corrected chi connectivity index (χ2v) is 13.0. The van der Waals surface area contributed by atoms with Gasteiger partial charge in [-0.05, 0) is 56.3 Å². The predicted octanol–water partition coefficient (Wildman–Crippen LogP) is 4.62. The molecule has 0 spiro atoms. The molecule has 38 heavy (non-hydrogen) atoms. The summed E-state index contributed by atoms with van der Waals surface area (Å²) < 4.78 is 33.7. The van der Waals surface area contributed by atoms with Crippen molar-refractivity contribution < 1.29 is 27.6 Å². The first-order valence-electron chi connectivity index (χ1n) is 11.8. The van der Waals surface area contributed by atoms with Crippen LogP contribution in [0.3, 0.4) is 0 Å². The maximum absolute atomic E-state index is 13.7. The highest BCUT2D eigenvalue weighted by Crippen LogP contribution is 2.39. The minimum atomic E-state index is -4.09. The fourth-order valence-corrected chi connectivity index (χ4v) is 7.80. The van der Waals surface area contributed by atoms with Crippen molar-refractivity contribution in [3.05, 3.63) is 66.7 Å². The molecule has 3 aromatic carbocycles. The summed E-state index contributed by atoms with van der Waals surface area (Å²) in [5.41, 5.74) is 3.72. The number of rotatable bonds is 5. The number of hydrogen-bond donors (Lipinski definition) is 4. The number of nitrogens with zero attached hydrogens (tertiary/aromatic N) is 1. The van der Waals surface area contributed by atoms with E-state index in [0.717, 1.165) is 4.31 Å². The SMILES string of the molecule is CC1(C)SCCN(S(=O)(=O)c2ccc3oc4cc(NC(=O)Nc5ccccc5)ccc4c3c2)[C@H]1C(=O)NO. The average Bonchev–Trinajstić information content (AvgIpc) is 3.25. The van der Waals surface area contributed by atoms with Gasteiger partial charge in [0, 0.05) is 45.3 Å². The molecule has 1 aliphatic heterocycles. The molecule has 5 rings (SSSR count). The summed E-state index contributed by atoms with van der Waals surface area (Å²) >= 11 is 1.47. The molecular formula is C26H26N4O6S2. The number of nitrogens with one attached hydrogen (secondary N) is 3. The number of anilines is 2. The number of fused-ring (bicyclic) bond motifs is 3. The zero-order chi connectivity index (χ0) is 27.1. The third-order valence-corrected chi connectivity index (χ3v) is 9.64. The summed E-state index contributed by atoms with van der Waals surface area (Å²) in [6.45, 7) is 3.67. The normalized spacial score (nSPS) is 17.8. The molecule has 0 radical (unpaired) electrons. The number of furan rings is 1. The molecule has 4 N–H and O–H groups in total. The van der Waals surface area contributed by atoms with Crippen LogP contribution in [0.2, 0.25) is 0 Å². The van der Waals surface area contributed by atoms with Crippen LogP contribution >= 0.6 is 11.8 Å². The third-order valence-electron chi connectivity index (χ3n) is 6.43. The van der Waals surface area contributed by atoms with E-state index in [1.54, 1.807) is 55.7 Å². The molecule has 3 amide bonds. The molecule has 0 saturated carbocycles. The summed E-state index contributed by atoms with van der Waals surface area (Å²) in [6.07, 6.45) is 0. The monoisotopic (exact) mass is 554 g/mol. The lowest BCUT2D eigenvalue weighted by molar-refractivity contribution is -0.134. The molecule has 10 nitrogen and oxygen atoms in total. The Balaban J connectivity index is 1.45. The first kappa shape index (κ1) is 26.0. The van der Waals surface area contributed by atoms with Gasteiger partial charge in [0.2, 0.25) is 10.0 Å². The maximum Gasteiger partial charge on any atom is 0.323 e. The topological polar surface area (TPSA) is 141 Å². The molecule has 1 fully saturated rings. The van der Waals surface area contributed by atoms with Crippen LogP contribution in [0.5, 0.6) is 0 Å². The van der Waals surface area contributed by atoms with E-state index in [2.05, 4.69) is 10.6 Å². The zero-order valence-electron chi connectivity index (χ0n) is 20.6. The summed E-state index contributed by atoms with van der Waals surface area (Å²) in [6, 6.07) is 17.2. The minimum absolute atomic E-state index is 0.00980. The number of hydroxylamine groups is 1. The lowest BCUT2D eigenvalue weighted by Gasteiger charge is -2.43. The highest BCUT2D eigenvalue weighted by Gasteiger charge is 2.48. The molecule has 1 atom stereocenters. The number of sulfonamides is 1. The molecule has 0 bridgehead atoms. The van der Waals surface area contributed by atoms with Crippen LogP contribution in [-0.4, -0.2) is 53.0 Å². The fraction of sp³-hybridized carbons (Fsp3) is 0.231. The molecule has 198 valence electrons. The van der Waals surface area contributed by atoms with Gasteiger partial charge in [-0.15, -0.1) is 0 Å². The number of carbonyl (C=O) groups is 2. The quantitative estimate of drug-likeness (QED) is 0.208. The number of thioether (sulfide) groups is 1. The van der Waals surface area contributed by atoms with Crippen molar-refractivity contribution >= 4 is 67.0 Å². The van der Waals surface area contributed by atoms with Crippen LogP contribution in [0.4, 0.5) is 16.2 Å². The van der Waals surface area contributed by atoms with Gasteiger partial charge in [0.1, 0.15) is 17.2 Å². The first-order valence-corrected chi connectivity index (χ1v) is 14.2. The van der Waals surface area contributed by atoms with E-state index in [4.69, 9.17) is 4.42 Å². The van der Waals surface area contributed by atoms with E-state index < -0.39 is 32.8 Å². The van der Waals surface area contributed by atoms with Gasteiger partial charge >= 0.3 is 6.03 Å². The molecular weight excluding hydrogens is 528 g/mol. The van der Waals surface area contributed by atoms with Crippen molar-refractivity contribution in [1.29, 1.82) is 0 Å². The molecule has 2 heterocycles. The van der Waals surface area contributed by atoms with E-state index >= 15 is 0 Å². The number of amides is 3. The largest absolute Gasteiger partial charge is 0.456 e. The Bertz CT molecular complexity index is 1640. The van der Waals surface area contributed by atoms with Crippen LogP contribution in [0, 0.1) is 0 Å². The summed E-state index contributed by atoms with van der Waals surface area (Å²) in [5.74, 6) is -0.275. The number of benzene rings is 3. The molecule has 1 aromatic heterocycles. The molecule has 4 aromatic rings. The van der Waals surface area contributed by atoms with E-state index in [1.807, 2.05) is 18.2 Å². The Morgan fingerprint density at radius 2 is 1.71 bits per heavy atom. The van der Waals surface area contributed by atoms with Crippen molar-refractivity contribution in [2.75, 3.05) is 22.9 Å². The van der Waals surface area contributed by atoms with Crippen molar-refractivity contribution in [3.8, 4) is 0 Å². The summed E-state index contributed by atoms with van der Waals surface area (Å²) in [4.78, 5) is 24.9. The third kappa shape index (κ3) is 4.83. The Labute approximate surface area is 223 Å². The van der Waals surface area contributed by atoms with Gasteiger partial charge in [0.25, 0.3) is 5.91 Å². The maximum atomic E-state index is 13.7. The number of carbonyl (C=O) groups excluding carboxylic acids is 2. The second kappa shape index (κ2) is 9.95. The van der Waals surface area contributed by atoms with Gasteiger partial charge in [0.05, 0.1) is 4.90 Å². The average molecular weight is 555 g/mol. The van der Waals surface area contributed by atoms with Crippen molar-refractivity contribution in [3.63, 3.8) is 0 Å². The Morgan fingerprint density at radius 1 is 0.974 bits per heavy atom. The van der Waals surface area contributed by atoms with Crippen molar-refractivity contribution in [2.45, 2.75) is 29.5 Å². The standard InChI is InChI=1S/C26H26N4O6S2/c1-26(2)23(24(31)29-33)30(12-13-37-26)38(34,35)18-9-11-21-20(15-18)19-10-8-17(14-22(19)36-21)28-25(32)27-16-6-4-3-5-7-16/h3-11,14-15,23,33H,12-13H2,1-2H3,(H,29,31)(H2,27,28,32)/t23-/m0/s1. The van der Waals surface area contributed by atoms with Crippen molar-refractivity contribution in [1.82, 2.24) is 9.79 Å². The number of hydrogen-bond acceptors (Lipinski definition) is 7. The molecule has 1 saturated heterocycles. The highest BCUT2D eigenvalue weighted by atomic mass is 32.2. The summed E-state index contributed by atoms with van der Waals surface area (Å²) in [7, 11) is -4.09. The Hall–Kier alpha value is -3.58. The number of urea groups is 1. The van der Waals surface area contributed by atoms with E-state index in [9.17, 15) is 23.2 Å². The Kier molecular flexibility index (Phi) is 6.82. The lowest BCUT2D eigenvalue weighted by Crippen LogP contribution is -2.61. The van der Waals surface area contributed by atoms with E-state index in [1.165, 1.54) is 23.9 Å². The van der Waals surface area contributed by atoms with Gasteiger partial charge in [0.15, 0.2) is 0 Å². The second-order valence-electron chi connectivity index (χ2n) is 9.36. The van der Waals surface area contributed by atoms with Gasteiger partial charge in [-0.1, -0.05) is 18.2 Å². The van der Waals surface area contributed by atoms with E-state index in [0.29, 0.717) is 39.1 Å². The van der Waals surface area contributed by atoms with Crippen LogP contribution in [0.15, 0.2) is 76.0 Å². The fourth-order valence-electron chi connectivity index (χ4n) is 4.66. The first-order chi connectivity index (χ1) is 18.1. The van der Waals surface area contributed by atoms with E-state index in [-0.39, 0.29) is 11.4 Å². The van der Waals surface area contributed by atoms with Crippen LogP contribution < -0.4 is 16.1 Å². The predicted molar refractivity (Wildman–Crippen MR) is 147 cm³/mol. The van der Waals surface area contributed by atoms with Gasteiger partial charge in [-0.25, -0.2) is 18.7 Å². The molecule has 0 aliphatic carbocycles. The van der Waals surface area contributed by atoms with Gasteiger partial charge < -0.3 is 15.1 Å².